The number of anilines is 1. The number of likely N-dealkylation sites (tertiary alicyclic amines) is 1. The topological polar surface area (TPSA) is 56.1 Å². The Morgan fingerprint density at radius 2 is 1.88 bits per heavy atom. The lowest BCUT2D eigenvalue weighted by molar-refractivity contribution is -0.121. The van der Waals surface area contributed by atoms with Crippen LogP contribution in [0.3, 0.4) is 0 Å². The fraction of sp³-hybridized carbons (Fsp3) is 0.263. The van der Waals surface area contributed by atoms with Crippen molar-refractivity contribution >= 4 is 23.2 Å². The van der Waals surface area contributed by atoms with Gasteiger partial charge in [0.05, 0.1) is 10.6 Å². The number of carbonyl (C=O) groups excluding carboxylic acids is 1. The van der Waals surface area contributed by atoms with Gasteiger partial charge in [0, 0.05) is 5.69 Å². The summed E-state index contributed by atoms with van der Waals surface area (Å²) in [6.45, 7) is 1.84. The van der Waals surface area contributed by atoms with Crippen molar-refractivity contribution in [1.29, 1.82) is 5.26 Å². The van der Waals surface area contributed by atoms with Gasteiger partial charge < -0.3 is 5.32 Å². The normalized spacial score (nSPS) is 15.7. The molecule has 1 atom stereocenters. The molecule has 5 heteroatoms. The summed E-state index contributed by atoms with van der Waals surface area (Å²) >= 11 is 6.05. The molecule has 0 radical (unpaired) electrons. The highest BCUT2D eigenvalue weighted by Gasteiger charge is 2.29. The van der Waals surface area contributed by atoms with Crippen LogP contribution in [-0.4, -0.2) is 23.9 Å². The number of amides is 1. The molecule has 0 aromatic heterocycles. The third-order valence-electron chi connectivity index (χ3n) is 4.23. The van der Waals surface area contributed by atoms with Crippen LogP contribution in [0.4, 0.5) is 5.69 Å². The second-order valence-electron chi connectivity index (χ2n) is 5.85. The number of hydrogen-bond donors (Lipinski definition) is 1. The van der Waals surface area contributed by atoms with Crippen molar-refractivity contribution < 1.29 is 4.79 Å². The van der Waals surface area contributed by atoms with Crippen molar-refractivity contribution in [2.75, 3.05) is 18.4 Å². The highest BCUT2D eigenvalue weighted by Crippen LogP contribution is 2.27. The molecule has 24 heavy (non-hydrogen) atoms. The molecule has 1 aliphatic rings. The van der Waals surface area contributed by atoms with Gasteiger partial charge >= 0.3 is 0 Å². The molecule has 0 saturated carbocycles. The fourth-order valence-electron chi connectivity index (χ4n) is 3.06. The molecule has 0 aliphatic carbocycles. The van der Waals surface area contributed by atoms with Crippen molar-refractivity contribution in [3.8, 4) is 6.07 Å². The quantitative estimate of drug-likeness (QED) is 0.916. The second-order valence-corrected chi connectivity index (χ2v) is 6.26. The maximum absolute atomic E-state index is 12.9. The monoisotopic (exact) mass is 339 g/mol. The SMILES string of the molecule is N#Cc1ccc(NC(=O)C(c2ccccc2)N2CCCC2)cc1Cl. The summed E-state index contributed by atoms with van der Waals surface area (Å²) in [7, 11) is 0. The third-order valence-corrected chi connectivity index (χ3v) is 4.54. The van der Waals surface area contributed by atoms with E-state index in [0.29, 0.717) is 16.3 Å². The smallest absolute Gasteiger partial charge is 0.246 e. The molecular weight excluding hydrogens is 322 g/mol. The Morgan fingerprint density at radius 1 is 1.17 bits per heavy atom. The number of rotatable bonds is 4. The predicted octanol–water partition coefficient (Wildman–Crippen LogP) is 3.99. The maximum atomic E-state index is 12.9. The van der Waals surface area contributed by atoms with Crippen molar-refractivity contribution in [3.05, 3.63) is 64.7 Å². The zero-order chi connectivity index (χ0) is 16.9. The first kappa shape index (κ1) is 16.5. The molecule has 1 unspecified atom stereocenters. The zero-order valence-electron chi connectivity index (χ0n) is 13.2. The van der Waals surface area contributed by atoms with Crippen LogP contribution in [-0.2, 0) is 4.79 Å². The van der Waals surface area contributed by atoms with E-state index in [-0.39, 0.29) is 11.9 Å². The van der Waals surface area contributed by atoms with Crippen LogP contribution in [0.1, 0.15) is 30.0 Å². The molecule has 1 saturated heterocycles. The van der Waals surface area contributed by atoms with Gasteiger partial charge in [0.2, 0.25) is 5.91 Å². The molecule has 1 aliphatic heterocycles. The lowest BCUT2D eigenvalue weighted by Gasteiger charge is -2.27. The summed E-state index contributed by atoms with van der Waals surface area (Å²) in [6, 6.07) is 16.4. The highest BCUT2D eigenvalue weighted by molar-refractivity contribution is 6.32. The molecule has 0 bridgehead atoms. The number of halogens is 1. The lowest BCUT2D eigenvalue weighted by atomic mass is 10.0. The van der Waals surface area contributed by atoms with E-state index in [1.165, 1.54) is 0 Å². The minimum atomic E-state index is -0.317. The van der Waals surface area contributed by atoms with E-state index < -0.39 is 0 Å². The summed E-state index contributed by atoms with van der Waals surface area (Å²) in [5.74, 6) is -0.0797. The first-order valence-corrected chi connectivity index (χ1v) is 8.36. The molecule has 1 fully saturated rings. The van der Waals surface area contributed by atoms with E-state index in [9.17, 15) is 4.79 Å². The van der Waals surface area contributed by atoms with Crippen molar-refractivity contribution in [1.82, 2.24) is 4.90 Å². The Morgan fingerprint density at radius 3 is 2.50 bits per heavy atom. The summed E-state index contributed by atoms with van der Waals surface area (Å²) < 4.78 is 0. The molecular formula is C19H18ClN3O. The van der Waals surface area contributed by atoms with Crippen LogP contribution in [0.15, 0.2) is 48.5 Å². The van der Waals surface area contributed by atoms with E-state index in [4.69, 9.17) is 16.9 Å². The highest BCUT2D eigenvalue weighted by atomic mass is 35.5. The average molecular weight is 340 g/mol. The standard InChI is InChI=1S/C19H18ClN3O/c20-17-12-16(9-8-15(17)13-21)22-19(24)18(23-10-4-5-11-23)14-6-2-1-3-7-14/h1-3,6-9,12,18H,4-5,10-11H2,(H,22,24). The van der Waals surface area contributed by atoms with Crippen LogP contribution in [0, 0.1) is 11.3 Å². The number of carbonyl (C=O) groups is 1. The van der Waals surface area contributed by atoms with Gasteiger partial charge in [-0.2, -0.15) is 5.26 Å². The van der Waals surface area contributed by atoms with Gasteiger partial charge in [-0.15, -0.1) is 0 Å². The molecule has 4 nitrogen and oxygen atoms in total. The Hall–Kier alpha value is -2.35. The van der Waals surface area contributed by atoms with Crippen LogP contribution < -0.4 is 5.32 Å². The van der Waals surface area contributed by atoms with Crippen LogP contribution in [0.25, 0.3) is 0 Å². The molecule has 1 heterocycles. The Kier molecular flexibility index (Phi) is 5.14. The summed E-state index contributed by atoms with van der Waals surface area (Å²) in [4.78, 5) is 15.1. The Balaban J connectivity index is 1.84. The average Bonchev–Trinajstić information content (AvgIpc) is 3.10. The summed E-state index contributed by atoms with van der Waals surface area (Å²) in [5, 5.41) is 12.2. The molecule has 2 aromatic carbocycles. The van der Waals surface area contributed by atoms with Crippen molar-refractivity contribution in [3.63, 3.8) is 0 Å². The van der Waals surface area contributed by atoms with E-state index in [1.807, 2.05) is 36.4 Å². The van der Waals surface area contributed by atoms with E-state index in [1.54, 1.807) is 18.2 Å². The van der Waals surface area contributed by atoms with E-state index in [0.717, 1.165) is 31.5 Å². The van der Waals surface area contributed by atoms with Gasteiger partial charge in [-0.05, 0) is 49.7 Å². The van der Waals surface area contributed by atoms with Crippen LogP contribution in [0.2, 0.25) is 5.02 Å². The van der Waals surface area contributed by atoms with Gasteiger partial charge in [-0.3, -0.25) is 9.69 Å². The fourth-order valence-corrected chi connectivity index (χ4v) is 3.28. The van der Waals surface area contributed by atoms with Crippen molar-refractivity contribution in [2.45, 2.75) is 18.9 Å². The molecule has 122 valence electrons. The van der Waals surface area contributed by atoms with Crippen LogP contribution >= 0.6 is 11.6 Å². The minimum absolute atomic E-state index is 0.0797. The number of nitriles is 1. The van der Waals surface area contributed by atoms with Crippen LogP contribution in [0.5, 0.6) is 0 Å². The number of benzene rings is 2. The summed E-state index contributed by atoms with van der Waals surface area (Å²) in [5.41, 5.74) is 1.98. The van der Waals surface area contributed by atoms with Gasteiger partial charge in [0.1, 0.15) is 12.1 Å². The number of nitrogens with zero attached hydrogens (tertiary/aromatic N) is 2. The summed E-state index contributed by atoms with van der Waals surface area (Å²) in [6.07, 6.45) is 2.22. The van der Waals surface area contributed by atoms with Crippen molar-refractivity contribution in [2.24, 2.45) is 0 Å². The zero-order valence-corrected chi connectivity index (χ0v) is 14.0. The lowest BCUT2D eigenvalue weighted by Crippen LogP contribution is -2.35. The first-order valence-electron chi connectivity index (χ1n) is 7.98. The number of hydrogen-bond acceptors (Lipinski definition) is 3. The van der Waals surface area contributed by atoms with Gasteiger partial charge in [0.15, 0.2) is 0 Å². The first-order chi connectivity index (χ1) is 11.7. The number of nitrogens with one attached hydrogen (secondary N) is 1. The second kappa shape index (κ2) is 7.48. The molecule has 2 aromatic rings. The Bertz CT molecular complexity index is 764. The molecule has 3 rings (SSSR count). The predicted molar refractivity (Wildman–Crippen MR) is 94.8 cm³/mol. The molecule has 1 amide bonds. The van der Waals surface area contributed by atoms with Gasteiger partial charge in [0.25, 0.3) is 0 Å². The van der Waals surface area contributed by atoms with E-state index >= 15 is 0 Å². The third kappa shape index (κ3) is 3.59. The molecule has 0 spiro atoms. The van der Waals surface area contributed by atoms with Gasteiger partial charge in [-0.25, -0.2) is 0 Å². The van der Waals surface area contributed by atoms with E-state index in [2.05, 4.69) is 10.2 Å². The largest absolute Gasteiger partial charge is 0.324 e. The Labute approximate surface area is 146 Å². The van der Waals surface area contributed by atoms with Gasteiger partial charge in [-0.1, -0.05) is 41.9 Å². The minimum Gasteiger partial charge on any atom is -0.324 e. The maximum Gasteiger partial charge on any atom is 0.246 e. The molecule has 1 N–H and O–H groups in total.